The minimum Gasteiger partial charge on any atom is -0.476 e. The molecule has 8 heteroatoms. The highest BCUT2D eigenvalue weighted by molar-refractivity contribution is 5.63. The summed E-state index contributed by atoms with van der Waals surface area (Å²) >= 11 is 0. The van der Waals surface area contributed by atoms with Crippen LogP contribution >= 0.6 is 0 Å². The smallest absolute Gasteiger partial charge is 0.372 e. The van der Waals surface area contributed by atoms with Crippen LogP contribution in [0.5, 0.6) is 5.88 Å². The van der Waals surface area contributed by atoms with E-state index in [0.29, 0.717) is 6.54 Å². The number of nitro groups is 1. The Kier molecular flexibility index (Phi) is 3.79. The highest BCUT2D eigenvalue weighted by Crippen LogP contribution is 2.37. The predicted octanol–water partition coefficient (Wildman–Crippen LogP) is 0.601. The van der Waals surface area contributed by atoms with Crippen LogP contribution in [-0.4, -0.2) is 46.3 Å². The standard InChI is InChI=1S/C11H16N4O4/c1-7-3-4-14(8(7)5-16)10-9(15(17)18)11(19-2)13-6-12-10/h6-8,16H,3-5H2,1-2H3. The van der Waals surface area contributed by atoms with Crippen molar-refractivity contribution in [2.45, 2.75) is 19.4 Å². The van der Waals surface area contributed by atoms with Crippen LogP contribution in [0.4, 0.5) is 11.5 Å². The average molecular weight is 268 g/mol. The van der Waals surface area contributed by atoms with Crippen LogP contribution in [0.1, 0.15) is 13.3 Å². The summed E-state index contributed by atoms with van der Waals surface area (Å²) in [7, 11) is 1.33. The monoisotopic (exact) mass is 268 g/mol. The van der Waals surface area contributed by atoms with Gasteiger partial charge in [0.25, 0.3) is 5.88 Å². The lowest BCUT2D eigenvalue weighted by Gasteiger charge is -2.25. The number of nitrogens with zero attached hydrogens (tertiary/aromatic N) is 4. The van der Waals surface area contributed by atoms with Crippen molar-refractivity contribution in [2.75, 3.05) is 25.2 Å². The van der Waals surface area contributed by atoms with E-state index in [-0.39, 0.29) is 36.0 Å². The Hall–Kier alpha value is -1.96. The van der Waals surface area contributed by atoms with Gasteiger partial charge in [0.1, 0.15) is 6.33 Å². The van der Waals surface area contributed by atoms with Gasteiger partial charge in [-0.15, -0.1) is 0 Å². The quantitative estimate of drug-likeness (QED) is 0.630. The Balaban J connectivity index is 2.47. The number of aromatic nitrogens is 2. The normalized spacial score (nSPS) is 22.6. The number of aliphatic hydroxyl groups is 1. The van der Waals surface area contributed by atoms with E-state index in [1.54, 1.807) is 4.90 Å². The van der Waals surface area contributed by atoms with E-state index in [4.69, 9.17) is 4.74 Å². The molecule has 0 bridgehead atoms. The van der Waals surface area contributed by atoms with Gasteiger partial charge in [-0.3, -0.25) is 10.1 Å². The van der Waals surface area contributed by atoms with Crippen molar-refractivity contribution in [1.82, 2.24) is 9.97 Å². The van der Waals surface area contributed by atoms with E-state index in [1.807, 2.05) is 6.92 Å². The fraction of sp³-hybridized carbons (Fsp3) is 0.636. The molecule has 0 spiro atoms. The summed E-state index contributed by atoms with van der Waals surface area (Å²) in [4.78, 5) is 20.2. The van der Waals surface area contributed by atoms with E-state index in [9.17, 15) is 15.2 Å². The van der Waals surface area contributed by atoms with Gasteiger partial charge >= 0.3 is 5.69 Å². The third-order valence-electron chi connectivity index (χ3n) is 3.49. The molecule has 0 saturated carbocycles. The predicted molar refractivity (Wildman–Crippen MR) is 67.2 cm³/mol. The summed E-state index contributed by atoms with van der Waals surface area (Å²) in [5, 5.41) is 20.6. The van der Waals surface area contributed by atoms with Crippen LogP contribution in [0.25, 0.3) is 0 Å². The largest absolute Gasteiger partial charge is 0.476 e. The van der Waals surface area contributed by atoms with Gasteiger partial charge in [-0.25, -0.2) is 4.98 Å². The summed E-state index contributed by atoms with van der Waals surface area (Å²) < 4.78 is 4.92. The highest BCUT2D eigenvalue weighted by atomic mass is 16.6. The lowest BCUT2D eigenvalue weighted by Crippen LogP contribution is -2.36. The zero-order valence-electron chi connectivity index (χ0n) is 10.8. The van der Waals surface area contributed by atoms with E-state index in [1.165, 1.54) is 13.4 Å². The second-order valence-electron chi connectivity index (χ2n) is 4.52. The van der Waals surface area contributed by atoms with Gasteiger partial charge in [0, 0.05) is 6.54 Å². The maximum atomic E-state index is 11.2. The van der Waals surface area contributed by atoms with E-state index in [0.717, 1.165) is 6.42 Å². The van der Waals surface area contributed by atoms with Crippen LogP contribution in [-0.2, 0) is 0 Å². The van der Waals surface area contributed by atoms with Crippen molar-refractivity contribution in [2.24, 2.45) is 5.92 Å². The molecule has 2 atom stereocenters. The van der Waals surface area contributed by atoms with Gasteiger partial charge in [-0.1, -0.05) is 6.92 Å². The van der Waals surface area contributed by atoms with Gasteiger partial charge in [-0.2, -0.15) is 4.98 Å². The highest BCUT2D eigenvalue weighted by Gasteiger charge is 2.37. The molecule has 1 N–H and O–H groups in total. The number of aliphatic hydroxyl groups excluding tert-OH is 1. The van der Waals surface area contributed by atoms with Gasteiger partial charge in [0.15, 0.2) is 0 Å². The first-order chi connectivity index (χ1) is 9.10. The summed E-state index contributed by atoms with van der Waals surface area (Å²) in [5.74, 6) is 0.400. The fourth-order valence-electron chi connectivity index (χ4n) is 2.42. The third kappa shape index (κ3) is 2.30. The number of anilines is 1. The van der Waals surface area contributed by atoms with Gasteiger partial charge in [0.05, 0.1) is 24.7 Å². The Labute approximate surface area is 110 Å². The summed E-state index contributed by atoms with van der Waals surface area (Å²) in [5.41, 5.74) is -0.252. The van der Waals surface area contributed by atoms with Crippen molar-refractivity contribution in [3.05, 3.63) is 16.4 Å². The van der Waals surface area contributed by atoms with Crippen LogP contribution in [0.2, 0.25) is 0 Å². The van der Waals surface area contributed by atoms with E-state index >= 15 is 0 Å². The fourth-order valence-corrected chi connectivity index (χ4v) is 2.42. The van der Waals surface area contributed by atoms with Gasteiger partial charge < -0.3 is 14.7 Å². The molecule has 1 fully saturated rings. The molecule has 1 aromatic heterocycles. The molecule has 1 aromatic rings. The lowest BCUT2D eigenvalue weighted by molar-refractivity contribution is -0.385. The molecule has 0 aliphatic carbocycles. The van der Waals surface area contributed by atoms with Crippen LogP contribution in [0, 0.1) is 16.0 Å². The second-order valence-corrected chi connectivity index (χ2v) is 4.52. The van der Waals surface area contributed by atoms with Crippen molar-refractivity contribution >= 4 is 11.5 Å². The molecule has 2 heterocycles. The molecule has 2 rings (SSSR count). The summed E-state index contributed by atoms with van der Waals surface area (Å²) in [6.07, 6.45) is 2.09. The Morgan fingerprint density at radius 2 is 2.37 bits per heavy atom. The molecule has 2 unspecified atom stereocenters. The minimum absolute atomic E-state index is 0.0637. The molecule has 19 heavy (non-hydrogen) atoms. The molecular weight excluding hydrogens is 252 g/mol. The molecule has 0 radical (unpaired) electrons. The number of hydrogen-bond donors (Lipinski definition) is 1. The molecule has 1 aliphatic rings. The minimum atomic E-state index is -0.550. The van der Waals surface area contributed by atoms with Gasteiger partial charge in [-0.05, 0) is 12.3 Å². The second kappa shape index (κ2) is 5.35. The molecule has 1 aliphatic heterocycles. The zero-order valence-corrected chi connectivity index (χ0v) is 10.8. The number of rotatable bonds is 4. The number of hydrogen-bond acceptors (Lipinski definition) is 7. The Morgan fingerprint density at radius 3 is 2.95 bits per heavy atom. The van der Waals surface area contributed by atoms with Crippen LogP contribution < -0.4 is 9.64 Å². The van der Waals surface area contributed by atoms with Crippen molar-refractivity contribution in [3.8, 4) is 5.88 Å². The van der Waals surface area contributed by atoms with Crippen LogP contribution in [0.15, 0.2) is 6.33 Å². The van der Waals surface area contributed by atoms with Crippen molar-refractivity contribution in [1.29, 1.82) is 0 Å². The van der Waals surface area contributed by atoms with Crippen molar-refractivity contribution < 1.29 is 14.8 Å². The summed E-state index contributed by atoms with van der Waals surface area (Å²) in [6.45, 7) is 2.56. The first-order valence-electron chi connectivity index (χ1n) is 6.01. The number of ether oxygens (including phenoxy) is 1. The van der Waals surface area contributed by atoms with Gasteiger partial charge in [0.2, 0.25) is 5.82 Å². The third-order valence-corrected chi connectivity index (χ3v) is 3.49. The average Bonchev–Trinajstić information content (AvgIpc) is 2.78. The molecule has 0 aromatic carbocycles. The van der Waals surface area contributed by atoms with E-state index < -0.39 is 4.92 Å². The Morgan fingerprint density at radius 1 is 1.63 bits per heavy atom. The maximum absolute atomic E-state index is 11.2. The molecular formula is C11H16N4O4. The lowest BCUT2D eigenvalue weighted by atomic mass is 10.0. The summed E-state index contributed by atoms with van der Waals surface area (Å²) in [6, 6.07) is -0.168. The molecule has 104 valence electrons. The molecule has 8 nitrogen and oxygen atoms in total. The first kappa shape index (κ1) is 13.5. The topological polar surface area (TPSA) is 102 Å². The number of methoxy groups -OCH3 is 1. The van der Waals surface area contributed by atoms with E-state index in [2.05, 4.69) is 9.97 Å². The zero-order chi connectivity index (χ0) is 14.0. The van der Waals surface area contributed by atoms with Crippen molar-refractivity contribution in [3.63, 3.8) is 0 Å². The molecule has 0 amide bonds. The SMILES string of the molecule is COc1ncnc(N2CCC(C)C2CO)c1[N+](=O)[O-]. The maximum Gasteiger partial charge on any atom is 0.372 e. The first-order valence-corrected chi connectivity index (χ1v) is 6.01. The Bertz CT molecular complexity index is 482. The van der Waals surface area contributed by atoms with Crippen LogP contribution in [0.3, 0.4) is 0 Å². The molecule has 1 saturated heterocycles.